The van der Waals surface area contributed by atoms with E-state index in [1.165, 1.54) is 0 Å². The van der Waals surface area contributed by atoms with Gasteiger partial charge in [-0.15, -0.1) is 0 Å². The summed E-state index contributed by atoms with van der Waals surface area (Å²) in [6, 6.07) is 0. The monoisotopic (exact) mass is 152 g/mol. The SMILES string of the molecule is C=C(CCC(=O)O)C(=O)O.[H-].[Li+]. The van der Waals surface area contributed by atoms with E-state index in [2.05, 4.69) is 6.58 Å². The fourth-order valence-corrected chi connectivity index (χ4v) is 0.365. The van der Waals surface area contributed by atoms with Crippen molar-refractivity contribution in [2.75, 3.05) is 0 Å². The zero-order chi connectivity index (χ0) is 8.15. The van der Waals surface area contributed by atoms with E-state index >= 15 is 0 Å². The molecule has 0 aromatic carbocycles. The van der Waals surface area contributed by atoms with Crippen LogP contribution in [-0.4, -0.2) is 22.2 Å². The summed E-state index contributed by atoms with van der Waals surface area (Å²) in [5, 5.41) is 16.3. The quantitative estimate of drug-likeness (QED) is 0.348. The number of rotatable bonds is 4. The van der Waals surface area contributed by atoms with Gasteiger partial charge in [0.25, 0.3) is 0 Å². The van der Waals surface area contributed by atoms with Gasteiger partial charge in [0.2, 0.25) is 0 Å². The molecular formula is C6H9LiO4. The van der Waals surface area contributed by atoms with Gasteiger partial charge in [-0.25, -0.2) is 4.79 Å². The topological polar surface area (TPSA) is 74.6 Å². The molecule has 0 radical (unpaired) electrons. The van der Waals surface area contributed by atoms with Gasteiger partial charge in [0.15, 0.2) is 0 Å². The molecule has 11 heavy (non-hydrogen) atoms. The first kappa shape index (κ1) is 12.9. The van der Waals surface area contributed by atoms with Gasteiger partial charge >= 0.3 is 30.8 Å². The minimum atomic E-state index is -1.14. The second-order valence-electron chi connectivity index (χ2n) is 1.80. The molecule has 2 N–H and O–H groups in total. The van der Waals surface area contributed by atoms with Gasteiger partial charge in [-0.05, 0) is 6.42 Å². The molecule has 0 saturated carbocycles. The summed E-state index contributed by atoms with van der Waals surface area (Å²) in [6.07, 6.45) is -0.171. The zero-order valence-electron chi connectivity index (χ0n) is 7.33. The molecule has 5 heteroatoms. The second kappa shape index (κ2) is 6.02. The Labute approximate surface area is 77.6 Å². The summed E-state index contributed by atoms with van der Waals surface area (Å²) < 4.78 is 0. The van der Waals surface area contributed by atoms with Crippen molar-refractivity contribution >= 4 is 11.9 Å². The van der Waals surface area contributed by atoms with Crippen LogP contribution in [0.15, 0.2) is 12.2 Å². The molecule has 0 amide bonds. The van der Waals surface area contributed by atoms with Crippen LogP contribution >= 0.6 is 0 Å². The number of carboxylic acids is 2. The Bertz CT molecular complexity index is 180. The molecule has 0 rings (SSSR count). The Morgan fingerprint density at radius 1 is 1.27 bits per heavy atom. The van der Waals surface area contributed by atoms with E-state index in [0.29, 0.717) is 0 Å². The van der Waals surface area contributed by atoms with Crippen molar-refractivity contribution in [2.45, 2.75) is 12.8 Å². The van der Waals surface area contributed by atoms with Crippen LogP contribution < -0.4 is 18.9 Å². The zero-order valence-corrected chi connectivity index (χ0v) is 6.33. The first-order valence-corrected chi connectivity index (χ1v) is 2.67. The summed E-state index contributed by atoms with van der Waals surface area (Å²) in [5.74, 6) is -2.15. The Morgan fingerprint density at radius 3 is 2.00 bits per heavy atom. The molecule has 0 aliphatic carbocycles. The van der Waals surface area contributed by atoms with Crippen LogP contribution in [0, 0.1) is 0 Å². The van der Waals surface area contributed by atoms with Gasteiger partial charge < -0.3 is 11.6 Å². The summed E-state index contributed by atoms with van der Waals surface area (Å²) >= 11 is 0. The molecule has 58 valence electrons. The second-order valence-corrected chi connectivity index (χ2v) is 1.80. The summed E-state index contributed by atoms with van der Waals surface area (Å²) in [6.45, 7) is 3.16. The molecular weight excluding hydrogens is 143 g/mol. The summed E-state index contributed by atoms with van der Waals surface area (Å²) in [4.78, 5) is 19.9. The molecule has 0 atom stereocenters. The van der Waals surface area contributed by atoms with Crippen molar-refractivity contribution in [3.05, 3.63) is 12.2 Å². The molecule has 0 heterocycles. The maximum absolute atomic E-state index is 10.0. The smallest absolute Gasteiger partial charge is 1.00 e. The van der Waals surface area contributed by atoms with Crippen LogP contribution in [0.3, 0.4) is 0 Å². The first-order valence-electron chi connectivity index (χ1n) is 2.67. The average molecular weight is 152 g/mol. The van der Waals surface area contributed by atoms with Crippen LogP contribution in [0.4, 0.5) is 0 Å². The number of hydrogen-bond acceptors (Lipinski definition) is 2. The number of carbonyl (C=O) groups is 2. The van der Waals surface area contributed by atoms with E-state index in [1.807, 2.05) is 0 Å². The molecule has 4 nitrogen and oxygen atoms in total. The Kier molecular flexibility index (Phi) is 7.06. The number of carboxylic acid groups (broad SMARTS) is 2. The van der Waals surface area contributed by atoms with Gasteiger partial charge in [0.05, 0.1) is 0 Å². The molecule has 0 spiro atoms. The van der Waals surface area contributed by atoms with Crippen molar-refractivity contribution in [1.29, 1.82) is 0 Å². The van der Waals surface area contributed by atoms with Gasteiger partial charge in [-0.1, -0.05) is 6.58 Å². The standard InChI is InChI=1S/C6H8O4.Li.H/c1-4(6(9)10)2-3-5(7)8;;/h1-3H2,(H,7,8)(H,9,10);;/q;+1;-1. The van der Waals surface area contributed by atoms with E-state index in [4.69, 9.17) is 10.2 Å². The minimum Gasteiger partial charge on any atom is -1.00 e. The molecule has 0 aromatic heterocycles. The van der Waals surface area contributed by atoms with Crippen molar-refractivity contribution in [2.24, 2.45) is 0 Å². The summed E-state index contributed by atoms with van der Waals surface area (Å²) in [7, 11) is 0. The van der Waals surface area contributed by atoms with E-state index in [1.54, 1.807) is 0 Å². The Balaban J connectivity index is -0.000000405. The number of hydrogen-bond donors (Lipinski definition) is 2. The van der Waals surface area contributed by atoms with E-state index in [9.17, 15) is 9.59 Å². The predicted molar refractivity (Wildman–Crippen MR) is 34.8 cm³/mol. The van der Waals surface area contributed by atoms with Crippen LogP contribution in [0.2, 0.25) is 0 Å². The van der Waals surface area contributed by atoms with E-state index in [-0.39, 0.29) is 38.7 Å². The normalized spacial score (nSPS) is 8.00. The molecule has 0 aliphatic rings. The average Bonchev–Trinajstić information content (AvgIpc) is 1.82. The van der Waals surface area contributed by atoms with Crippen molar-refractivity contribution in [3.63, 3.8) is 0 Å². The fourth-order valence-electron chi connectivity index (χ4n) is 0.365. The third kappa shape index (κ3) is 7.17. The third-order valence-electron chi connectivity index (χ3n) is 0.943. The van der Waals surface area contributed by atoms with Gasteiger partial charge in [-0.2, -0.15) is 0 Å². The molecule has 0 bridgehead atoms. The number of aliphatic carboxylic acids is 2. The van der Waals surface area contributed by atoms with Crippen LogP contribution in [0.5, 0.6) is 0 Å². The Hall–Kier alpha value is -0.723. The third-order valence-corrected chi connectivity index (χ3v) is 0.943. The molecule has 0 saturated heterocycles. The van der Waals surface area contributed by atoms with Crippen LogP contribution in [0.25, 0.3) is 0 Å². The summed E-state index contributed by atoms with van der Waals surface area (Å²) in [5.41, 5.74) is -0.0672. The van der Waals surface area contributed by atoms with E-state index in [0.717, 1.165) is 0 Å². The largest absolute Gasteiger partial charge is 1.00 e. The predicted octanol–water partition coefficient (Wildman–Crippen LogP) is -2.39. The van der Waals surface area contributed by atoms with Crippen molar-refractivity contribution in [1.82, 2.24) is 0 Å². The van der Waals surface area contributed by atoms with Crippen LogP contribution in [-0.2, 0) is 9.59 Å². The first-order chi connectivity index (χ1) is 4.54. The molecule has 0 fully saturated rings. The minimum absolute atomic E-state index is 0. The van der Waals surface area contributed by atoms with Crippen molar-refractivity contribution in [3.8, 4) is 0 Å². The molecule has 0 aliphatic heterocycles. The maximum Gasteiger partial charge on any atom is 1.00 e. The molecule has 0 unspecified atom stereocenters. The van der Waals surface area contributed by atoms with Crippen molar-refractivity contribution < 1.29 is 40.1 Å². The van der Waals surface area contributed by atoms with Crippen LogP contribution in [0.1, 0.15) is 14.3 Å². The Morgan fingerprint density at radius 2 is 1.73 bits per heavy atom. The van der Waals surface area contributed by atoms with Gasteiger partial charge in [0.1, 0.15) is 0 Å². The van der Waals surface area contributed by atoms with E-state index < -0.39 is 11.9 Å². The van der Waals surface area contributed by atoms with Gasteiger partial charge in [-0.3, -0.25) is 4.79 Å². The van der Waals surface area contributed by atoms with Gasteiger partial charge in [0, 0.05) is 12.0 Å². The molecule has 0 aromatic rings. The maximum atomic E-state index is 10.0. The fraction of sp³-hybridized carbons (Fsp3) is 0.333.